The molecule has 0 radical (unpaired) electrons. The highest BCUT2D eigenvalue weighted by molar-refractivity contribution is 7.10. The van der Waals surface area contributed by atoms with E-state index in [1.54, 1.807) is 30.6 Å². The summed E-state index contributed by atoms with van der Waals surface area (Å²) in [4.78, 5) is 0.985. The number of aliphatic hydroxyl groups excluding tert-OH is 1. The normalized spacial score (nSPS) is 12.4. The summed E-state index contributed by atoms with van der Waals surface area (Å²) in [6.07, 6.45) is 0.295. The lowest BCUT2D eigenvalue weighted by Crippen LogP contribution is -2.00. The van der Waals surface area contributed by atoms with Gasteiger partial charge in [0.25, 0.3) is 0 Å². The molecule has 1 N–H and O–H groups in total. The zero-order chi connectivity index (χ0) is 13.1. The van der Waals surface area contributed by atoms with Crippen molar-refractivity contribution in [2.24, 2.45) is 0 Å². The summed E-state index contributed by atoms with van der Waals surface area (Å²) in [5.41, 5.74) is 1.97. The number of hydrogen-bond donors (Lipinski definition) is 1. The number of methoxy groups -OCH3 is 1. The van der Waals surface area contributed by atoms with E-state index < -0.39 is 6.10 Å². The molecule has 1 atom stereocenters. The smallest absolute Gasteiger partial charge is 0.137 e. The summed E-state index contributed by atoms with van der Waals surface area (Å²) in [5.74, 6) is 0.620. The molecule has 2 nitrogen and oxygen atoms in total. The molecule has 0 amide bonds. The van der Waals surface area contributed by atoms with Crippen LogP contribution in [0.5, 0.6) is 5.75 Å². The highest BCUT2D eigenvalue weighted by Crippen LogP contribution is 2.33. The molecule has 0 fully saturated rings. The van der Waals surface area contributed by atoms with Crippen LogP contribution in [0.2, 0.25) is 5.02 Å². The number of ether oxygens (including phenoxy) is 1. The van der Waals surface area contributed by atoms with Crippen LogP contribution in [0.1, 0.15) is 29.0 Å². The SMILES string of the molecule is CCc1ccsc1C(O)c1ccc(OC)c(Cl)c1. The summed E-state index contributed by atoms with van der Waals surface area (Å²) in [5, 5.41) is 12.9. The largest absolute Gasteiger partial charge is 0.495 e. The molecule has 0 saturated heterocycles. The van der Waals surface area contributed by atoms with Gasteiger partial charge in [0.1, 0.15) is 11.9 Å². The lowest BCUT2D eigenvalue weighted by molar-refractivity contribution is 0.223. The Balaban J connectivity index is 2.34. The van der Waals surface area contributed by atoms with E-state index in [-0.39, 0.29) is 0 Å². The minimum atomic E-state index is -0.622. The lowest BCUT2D eigenvalue weighted by Gasteiger charge is -2.13. The first-order valence-corrected chi connectivity index (χ1v) is 7.01. The second-order valence-electron chi connectivity index (χ2n) is 3.96. The van der Waals surface area contributed by atoms with Gasteiger partial charge in [-0.15, -0.1) is 11.3 Å². The van der Waals surface area contributed by atoms with Crippen molar-refractivity contribution in [3.05, 3.63) is 50.7 Å². The Morgan fingerprint density at radius 3 is 2.78 bits per heavy atom. The highest BCUT2D eigenvalue weighted by Gasteiger charge is 2.16. The van der Waals surface area contributed by atoms with E-state index in [2.05, 4.69) is 6.92 Å². The quantitative estimate of drug-likeness (QED) is 0.916. The van der Waals surface area contributed by atoms with Gasteiger partial charge < -0.3 is 9.84 Å². The van der Waals surface area contributed by atoms with Crippen molar-refractivity contribution in [2.45, 2.75) is 19.4 Å². The zero-order valence-corrected chi connectivity index (χ0v) is 11.9. The van der Waals surface area contributed by atoms with E-state index in [0.29, 0.717) is 10.8 Å². The number of rotatable bonds is 4. The third-order valence-electron chi connectivity index (χ3n) is 2.90. The fourth-order valence-corrected chi connectivity index (χ4v) is 3.16. The fraction of sp³-hybridized carbons (Fsp3) is 0.286. The Hall–Kier alpha value is -1.03. The third-order valence-corrected chi connectivity index (χ3v) is 4.21. The van der Waals surface area contributed by atoms with E-state index >= 15 is 0 Å². The molecule has 0 bridgehead atoms. The molecule has 96 valence electrons. The summed E-state index contributed by atoms with van der Waals surface area (Å²) in [6, 6.07) is 7.42. The summed E-state index contributed by atoms with van der Waals surface area (Å²) in [6.45, 7) is 2.08. The van der Waals surface area contributed by atoms with Crippen LogP contribution in [0.3, 0.4) is 0 Å². The van der Waals surface area contributed by atoms with Crippen LogP contribution in [0.15, 0.2) is 29.6 Å². The average molecular weight is 283 g/mol. The molecule has 1 aromatic carbocycles. The first-order valence-electron chi connectivity index (χ1n) is 5.75. The molecule has 1 unspecified atom stereocenters. The first kappa shape index (κ1) is 13.4. The number of hydrogen-bond acceptors (Lipinski definition) is 3. The topological polar surface area (TPSA) is 29.5 Å². The number of thiophene rings is 1. The molecule has 0 aliphatic rings. The van der Waals surface area contributed by atoms with Crippen molar-refractivity contribution < 1.29 is 9.84 Å². The first-order chi connectivity index (χ1) is 8.67. The second kappa shape index (κ2) is 5.74. The van der Waals surface area contributed by atoms with Crippen LogP contribution in [-0.2, 0) is 6.42 Å². The number of aliphatic hydroxyl groups is 1. The van der Waals surface area contributed by atoms with Gasteiger partial charge in [-0.2, -0.15) is 0 Å². The van der Waals surface area contributed by atoms with Crippen LogP contribution in [0, 0.1) is 0 Å². The molecule has 18 heavy (non-hydrogen) atoms. The van der Waals surface area contributed by atoms with Gasteiger partial charge in [-0.25, -0.2) is 0 Å². The standard InChI is InChI=1S/C14H15ClO2S/c1-3-9-6-7-18-14(9)13(16)10-4-5-12(17-2)11(15)8-10/h4-8,13,16H,3H2,1-2H3. The summed E-state index contributed by atoms with van der Waals surface area (Å²) >= 11 is 7.64. The van der Waals surface area contributed by atoms with Gasteiger partial charge in [0, 0.05) is 4.88 Å². The lowest BCUT2D eigenvalue weighted by atomic mass is 10.0. The van der Waals surface area contributed by atoms with Gasteiger partial charge in [-0.1, -0.05) is 24.6 Å². The molecule has 0 aliphatic carbocycles. The van der Waals surface area contributed by atoms with Crippen LogP contribution in [0.4, 0.5) is 0 Å². The second-order valence-corrected chi connectivity index (χ2v) is 5.32. The van der Waals surface area contributed by atoms with Crippen molar-refractivity contribution in [1.29, 1.82) is 0 Å². The Morgan fingerprint density at radius 1 is 1.39 bits per heavy atom. The van der Waals surface area contributed by atoms with E-state index in [1.807, 2.05) is 17.5 Å². The minimum Gasteiger partial charge on any atom is -0.495 e. The van der Waals surface area contributed by atoms with Gasteiger partial charge >= 0.3 is 0 Å². The maximum Gasteiger partial charge on any atom is 0.137 e. The molecule has 0 spiro atoms. The van der Waals surface area contributed by atoms with Crippen LogP contribution in [-0.4, -0.2) is 12.2 Å². The summed E-state index contributed by atoms with van der Waals surface area (Å²) < 4.78 is 5.10. The number of halogens is 1. The Kier molecular flexibility index (Phi) is 4.27. The van der Waals surface area contributed by atoms with Crippen molar-refractivity contribution >= 4 is 22.9 Å². The molecule has 4 heteroatoms. The Labute approximate surface area is 116 Å². The molecule has 2 aromatic rings. The predicted octanol–water partition coefficient (Wildman–Crippen LogP) is 4.05. The predicted molar refractivity (Wildman–Crippen MR) is 75.8 cm³/mol. The molecule has 0 aliphatic heterocycles. The molecule has 1 heterocycles. The maximum absolute atomic E-state index is 10.4. The van der Waals surface area contributed by atoms with E-state index in [9.17, 15) is 5.11 Å². The van der Waals surface area contributed by atoms with E-state index in [4.69, 9.17) is 16.3 Å². The van der Waals surface area contributed by atoms with Crippen molar-refractivity contribution in [3.8, 4) is 5.75 Å². The molecule has 0 saturated carbocycles. The number of benzene rings is 1. The van der Waals surface area contributed by atoms with Gasteiger partial charge in [0.05, 0.1) is 12.1 Å². The van der Waals surface area contributed by atoms with Crippen LogP contribution in [0.25, 0.3) is 0 Å². The van der Waals surface area contributed by atoms with E-state index in [0.717, 1.165) is 16.9 Å². The van der Waals surface area contributed by atoms with E-state index in [1.165, 1.54) is 5.56 Å². The van der Waals surface area contributed by atoms with Gasteiger partial charge in [-0.3, -0.25) is 0 Å². The number of aryl methyl sites for hydroxylation is 1. The zero-order valence-electron chi connectivity index (χ0n) is 10.3. The van der Waals surface area contributed by atoms with Crippen molar-refractivity contribution in [2.75, 3.05) is 7.11 Å². The molecular weight excluding hydrogens is 268 g/mol. The van der Waals surface area contributed by atoms with Gasteiger partial charge in [-0.05, 0) is 41.1 Å². The minimum absolute atomic E-state index is 0.517. The van der Waals surface area contributed by atoms with Crippen LogP contribution < -0.4 is 4.74 Å². The van der Waals surface area contributed by atoms with Gasteiger partial charge in [0.15, 0.2) is 0 Å². The van der Waals surface area contributed by atoms with Crippen molar-refractivity contribution in [1.82, 2.24) is 0 Å². The monoisotopic (exact) mass is 282 g/mol. The molecule has 2 rings (SSSR count). The third kappa shape index (κ3) is 2.53. The Bertz CT molecular complexity index is 536. The van der Waals surface area contributed by atoms with Crippen molar-refractivity contribution in [3.63, 3.8) is 0 Å². The average Bonchev–Trinajstić information content (AvgIpc) is 2.86. The molecular formula is C14H15ClO2S. The van der Waals surface area contributed by atoms with Gasteiger partial charge in [0.2, 0.25) is 0 Å². The maximum atomic E-state index is 10.4. The molecule has 1 aromatic heterocycles. The Morgan fingerprint density at radius 2 is 2.17 bits per heavy atom. The fourth-order valence-electron chi connectivity index (χ4n) is 1.88. The highest BCUT2D eigenvalue weighted by atomic mass is 35.5. The van der Waals surface area contributed by atoms with Crippen LogP contribution >= 0.6 is 22.9 Å². The summed E-state index contributed by atoms with van der Waals surface area (Å²) in [7, 11) is 1.58.